The molecule has 0 saturated carbocycles. The molecule has 1 aromatic rings. The molecule has 2 heterocycles. The van der Waals surface area contributed by atoms with Crippen molar-refractivity contribution < 1.29 is 4.79 Å². The van der Waals surface area contributed by atoms with Gasteiger partial charge in [-0.05, 0) is 33.0 Å². The zero-order chi connectivity index (χ0) is 11.5. The molecule has 1 aromatic heterocycles. The molecule has 1 fully saturated rings. The number of aromatic amines is 1. The summed E-state index contributed by atoms with van der Waals surface area (Å²) in [6.07, 6.45) is 5.33. The van der Waals surface area contributed by atoms with Crippen LogP contribution in [0.3, 0.4) is 0 Å². The number of aromatic nitrogens is 2. The van der Waals surface area contributed by atoms with E-state index in [1.807, 2.05) is 11.9 Å². The van der Waals surface area contributed by atoms with Gasteiger partial charge >= 0.3 is 0 Å². The van der Waals surface area contributed by atoms with Crippen molar-refractivity contribution in [2.24, 2.45) is 0 Å². The van der Waals surface area contributed by atoms with Gasteiger partial charge in [-0.15, -0.1) is 0 Å². The fraction of sp³-hybridized carbons (Fsp3) is 0.636. The van der Waals surface area contributed by atoms with E-state index >= 15 is 0 Å². The van der Waals surface area contributed by atoms with Crippen LogP contribution in [-0.4, -0.2) is 59.1 Å². The third-order valence-corrected chi connectivity index (χ3v) is 3.30. The normalized spacial score (nSPS) is 18.6. The molecule has 5 heteroatoms. The molecule has 1 aliphatic heterocycles. The Hall–Kier alpha value is -1.36. The maximum absolute atomic E-state index is 12.0. The van der Waals surface area contributed by atoms with Crippen molar-refractivity contribution in [2.45, 2.75) is 18.9 Å². The van der Waals surface area contributed by atoms with E-state index in [4.69, 9.17) is 0 Å². The summed E-state index contributed by atoms with van der Waals surface area (Å²) in [5, 5.41) is 6.47. The average molecular weight is 222 g/mol. The number of nitrogens with one attached hydrogen (secondary N) is 1. The van der Waals surface area contributed by atoms with Crippen molar-refractivity contribution in [3.63, 3.8) is 0 Å². The fourth-order valence-corrected chi connectivity index (χ4v) is 2.12. The van der Waals surface area contributed by atoms with Gasteiger partial charge in [-0.25, -0.2) is 0 Å². The molecule has 0 bridgehead atoms. The van der Waals surface area contributed by atoms with Gasteiger partial charge in [0, 0.05) is 19.3 Å². The largest absolute Gasteiger partial charge is 0.339 e. The lowest BCUT2D eigenvalue weighted by Gasteiger charge is -2.34. The molecular weight excluding hydrogens is 204 g/mol. The van der Waals surface area contributed by atoms with Crippen molar-refractivity contribution in [3.05, 3.63) is 18.0 Å². The highest BCUT2D eigenvalue weighted by atomic mass is 16.2. The minimum absolute atomic E-state index is 0.0586. The Morgan fingerprint density at radius 1 is 1.56 bits per heavy atom. The van der Waals surface area contributed by atoms with Crippen LogP contribution >= 0.6 is 0 Å². The van der Waals surface area contributed by atoms with Crippen molar-refractivity contribution >= 4 is 5.91 Å². The summed E-state index contributed by atoms with van der Waals surface area (Å²) in [6.45, 7) is 2.13. The van der Waals surface area contributed by atoms with Crippen LogP contribution in [0, 0.1) is 0 Å². The van der Waals surface area contributed by atoms with Gasteiger partial charge < -0.3 is 9.80 Å². The molecular formula is C11H18N4O. The molecule has 0 aliphatic carbocycles. The number of likely N-dealkylation sites (tertiary alicyclic amines) is 1. The van der Waals surface area contributed by atoms with Gasteiger partial charge in [-0.2, -0.15) is 5.10 Å². The third-order valence-electron chi connectivity index (χ3n) is 3.30. The first-order chi connectivity index (χ1) is 7.68. The average Bonchev–Trinajstić information content (AvgIpc) is 2.81. The van der Waals surface area contributed by atoms with E-state index in [0.29, 0.717) is 11.6 Å². The first-order valence-corrected chi connectivity index (χ1v) is 5.63. The standard InChI is InChI=1S/C11H18N4O/c1-14-5-3-10(4-6-14)15(2)11(16)9-7-12-13-8-9/h7-8,10H,3-6H2,1-2H3,(H,12,13). The minimum atomic E-state index is 0.0586. The van der Waals surface area contributed by atoms with Gasteiger partial charge in [0.25, 0.3) is 5.91 Å². The predicted octanol–water partition coefficient (Wildman–Crippen LogP) is 0.576. The number of carbonyl (C=O) groups excluding carboxylic acids is 1. The molecule has 0 spiro atoms. The van der Waals surface area contributed by atoms with E-state index in [2.05, 4.69) is 22.1 Å². The van der Waals surface area contributed by atoms with E-state index in [-0.39, 0.29) is 5.91 Å². The first-order valence-electron chi connectivity index (χ1n) is 5.63. The predicted molar refractivity (Wildman–Crippen MR) is 61.2 cm³/mol. The van der Waals surface area contributed by atoms with Crippen LogP contribution < -0.4 is 0 Å². The van der Waals surface area contributed by atoms with E-state index < -0.39 is 0 Å². The summed E-state index contributed by atoms with van der Waals surface area (Å²) in [6, 6.07) is 0.360. The Labute approximate surface area is 95.4 Å². The van der Waals surface area contributed by atoms with E-state index in [0.717, 1.165) is 25.9 Å². The molecule has 0 unspecified atom stereocenters. The lowest BCUT2D eigenvalue weighted by molar-refractivity contribution is 0.0659. The second-order valence-electron chi connectivity index (χ2n) is 4.44. The van der Waals surface area contributed by atoms with Gasteiger partial charge in [0.15, 0.2) is 0 Å². The van der Waals surface area contributed by atoms with Crippen molar-refractivity contribution in [1.29, 1.82) is 0 Å². The molecule has 0 radical (unpaired) electrons. The van der Waals surface area contributed by atoms with Crippen LogP contribution in [0.5, 0.6) is 0 Å². The molecule has 1 N–H and O–H groups in total. The highest BCUT2D eigenvalue weighted by Crippen LogP contribution is 2.16. The maximum atomic E-state index is 12.0. The number of piperidine rings is 1. The van der Waals surface area contributed by atoms with E-state index in [1.54, 1.807) is 12.4 Å². The highest BCUT2D eigenvalue weighted by Gasteiger charge is 2.24. The molecule has 5 nitrogen and oxygen atoms in total. The summed E-state index contributed by atoms with van der Waals surface area (Å²) in [5.74, 6) is 0.0586. The van der Waals surface area contributed by atoms with Crippen LogP contribution in [0.1, 0.15) is 23.2 Å². The van der Waals surface area contributed by atoms with Crippen molar-refractivity contribution in [1.82, 2.24) is 20.0 Å². The fourth-order valence-electron chi connectivity index (χ4n) is 2.12. The zero-order valence-electron chi connectivity index (χ0n) is 9.81. The van der Waals surface area contributed by atoms with Crippen LogP contribution in [0.25, 0.3) is 0 Å². The molecule has 1 amide bonds. The minimum Gasteiger partial charge on any atom is -0.339 e. The topological polar surface area (TPSA) is 52.2 Å². The van der Waals surface area contributed by atoms with Crippen LogP contribution in [0.4, 0.5) is 0 Å². The van der Waals surface area contributed by atoms with Crippen LogP contribution in [-0.2, 0) is 0 Å². The Kier molecular flexibility index (Phi) is 3.24. The van der Waals surface area contributed by atoms with Crippen LogP contribution in [0.2, 0.25) is 0 Å². The second kappa shape index (κ2) is 4.65. The summed E-state index contributed by atoms with van der Waals surface area (Å²) in [4.78, 5) is 16.2. The SMILES string of the molecule is CN1CCC(N(C)C(=O)c2cn[nH]c2)CC1. The third kappa shape index (κ3) is 2.24. The lowest BCUT2D eigenvalue weighted by atomic mass is 10.0. The summed E-state index contributed by atoms with van der Waals surface area (Å²) in [7, 11) is 4.00. The van der Waals surface area contributed by atoms with Gasteiger partial charge in [0.05, 0.1) is 11.8 Å². The Balaban J connectivity index is 1.97. The number of hydrogen-bond donors (Lipinski definition) is 1. The number of rotatable bonds is 2. The van der Waals surface area contributed by atoms with E-state index in [9.17, 15) is 4.79 Å². The molecule has 2 rings (SSSR count). The Bertz CT molecular complexity index is 341. The molecule has 0 atom stereocenters. The number of amides is 1. The number of carbonyl (C=O) groups is 1. The second-order valence-corrected chi connectivity index (χ2v) is 4.44. The van der Waals surface area contributed by atoms with Gasteiger partial charge in [-0.1, -0.05) is 0 Å². The van der Waals surface area contributed by atoms with Crippen molar-refractivity contribution in [2.75, 3.05) is 27.2 Å². The lowest BCUT2D eigenvalue weighted by Crippen LogP contribution is -2.44. The van der Waals surface area contributed by atoms with Crippen molar-refractivity contribution in [3.8, 4) is 0 Å². The number of nitrogens with zero attached hydrogens (tertiary/aromatic N) is 3. The molecule has 88 valence electrons. The van der Waals surface area contributed by atoms with Gasteiger partial charge in [0.2, 0.25) is 0 Å². The molecule has 16 heavy (non-hydrogen) atoms. The highest BCUT2D eigenvalue weighted by molar-refractivity contribution is 5.93. The van der Waals surface area contributed by atoms with Gasteiger partial charge in [-0.3, -0.25) is 9.89 Å². The summed E-state index contributed by atoms with van der Waals surface area (Å²) >= 11 is 0. The number of H-pyrrole nitrogens is 1. The molecule has 1 aliphatic rings. The molecule has 0 aromatic carbocycles. The Morgan fingerprint density at radius 2 is 2.25 bits per heavy atom. The van der Waals surface area contributed by atoms with Gasteiger partial charge in [0.1, 0.15) is 0 Å². The van der Waals surface area contributed by atoms with Crippen LogP contribution in [0.15, 0.2) is 12.4 Å². The smallest absolute Gasteiger partial charge is 0.257 e. The summed E-state index contributed by atoms with van der Waals surface area (Å²) in [5.41, 5.74) is 0.640. The zero-order valence-corrected chi connectivity index (χ0v) is 9.81. The van der Waals surface area contributed by atoms with E-state index in [1.165, 1.54) is 0 Å². The first kappa shape index (κ1) is 11.1. The maximum Gasteiger partial charge on any atom is 0.257 e. The monoisotopic (exact) mass is 222 g/mol. The number of hydrogen-bond acceptors (Lipinski definition) is 3. The quantitative estimate of drug-likeness (QED) is 0.796. The molecule has 1 saturated heterocycles. The Morgan fingerprint density at radius 3 is 2.81 bits per heavy atom. The summed E-state index contributed by atoms with van der Waals surface area (Å²) < 4.78 is 0.